The van der Waals surface area contributed by atoms with Gasteiger partial charge in [0.05, 0.1) is 22.8 Å². The predicted molar refractivity (Wildman–Crippen MR) is 113 cm³/mol. The Balaban J connectivity index is 1.77. The summed E-state index contributed by atoms with van der Waals surface area (Å²) in [5.41, 5.74) is 1.96. The van der Waals surface area contributed by atoms with Crippen LogP contribution in [-0.4, -0.2) is 62.6 Å². The van der Waals surface area contributed by atoms with E-state index in [9.17, 15) is 14.9 Å². The zero-order valence-electron chi connectivity index (χ0n) is 17.0. The minimum Gasteiger partial charge on any atom is -0.492 e. The second-order valence-corrected chi connectivity index (χ2v) is 7.03. The Morgan fingerprint density at radius 3 is 2.45 bits per heavy atom. The van der Waals surface area contributed by atoms with E-state index in [0.29, 0.717) is 44.0 Å². The number of anilines is 2. The van der Waals surface area contributed by atoms with Crippen LogP contribution in [0.1, 0.15) is 17.3 Å². The van der Waals surface area contributed by atoms with Crippen molar-refractivity contribution in [2.45, 2.75) is 6.92 Å². The molecule has 1 fully saturated rings. The molecule has 0 bridgehead atoms. The predicted octanol–water partition coefficient (Wildman–Crippen LogP) is 3.02. The van der Waals surface area contributed by atoms with Crippen LogP contribution in [0.4, 0.5) is 17.1 Å². The van der Waals surface area contributed by atoms with E-state index >= 15 is 0 Å². The number of carbonyl (C=O) groups excluding carboxylic acids is 1. The molecule has 1 saturated heterocycles. The van der Waals surface area contributed by atoms with Gasteiger partial charge in [-0.1, -0.05) is 12.1 Å². The molecule has 0 N–H and O–H groups in total. The number of nitrogens with zero attached hydrogens (tertiary/aromatic N) is 4. The largest absolute Gasteiger partial charge is 0.492 e. The third-order valence-corrected chi connectivity index (χ3v) is 4.98. The molecular weight excluding hydrogens is 372 g/mol. The number of nitro groups is 1. The van der Waals surface area contributed by atoms with Gasteiger partial charge in [0.15, 0.2) is 0 Å². The van der Waals surface area contributed by atoms with Crippen LogP contribution in [0.25, 0.3) is 0 Å². The second-order valence-electron chi connectivity index (χ2n) is 7.03. The average Bonchev–Trinajstić information content (AvgIpc) is 2.73. The third kappa shape index (κ3) is 4.42. The number of ether oxygens (including phenoxy) is 1. The molecule has 1 aliphatic heterocycles. The Labute approximate surface area is 170 Å². The van der Waals surface area contributed by atoms with Gasteiger partial charge in [0.25, 0.3) is 11.6 Å². The molecule has 0 aromatic heterocycles. The van der Waals surface area contributed by atoms with Crippen LogP contribution >= 0.6 is 0 Å². The van der Waals surface area contributed by atoms with E-state index in [1.165, 1.54) is 12.1 Å². The van der Waals surface area contributed by atoms with Gasteiger partial charge in [-0.3, -0.25) is 14.9 Å². The van der Waals surface area contributed by atoms with Crippen molar-refractivity contribution in [3.63, 3.8) is 0 Å². The molecule has 0 unspecified atom stereocenters. The number of hydrogen-bond donors (Lipinski definition) is 0. The van der Waals surface area contributed by atoms with Crippen molar-refractivity contribution in [3.8, 4) is 5.75 Å². The number of non-ortho nitro benzene ring substituents is 1. The smallest absolute Gasteiger partial charge is 0.270 e. The quantitative estimate of drug-likeness (QED) is 0.550. The van der Waals surface area contributed by atoms with E-state index < -0.39 is 4.92 Å². The summed E-state index contributed by atoms with van der Waals surface area (Å²) in [5, 5.41) is 11.2. The Bertz CT molecular complexity index is 892. The topological polar surface area (TPSA) is 79.2 Å². The van der Waals surface area contributed by atoms with Crippen LogP contribution in [-0.2, 0) is 0 Å². The lowest BCUT2D eigenvalue weighted by atomic mass is 10.1. The fourth-order valence-corrected chi connectivity index (χ4v) is 3.52. The molecule has 2 aromatic rings. The zero-order chi connectivity index (χ0) is 21.0. The van der Waals surface area contributed by atoms with Crippen molar-refractivity contribution < 1.29 is 14.5 Å². The first-order valence-electron chi connectivity index (χ1n) is 9.64. The number of para-hydroxylation sites is 2. The summed E-state index contributed by atoms with van der Waals surface area (Å²) < 4.78 is 5.72. The molecule has 0 saturated carbocycles. The van der Waals surface area contributed by atoms with Crippen molar-refractivity contribution in [1.29, 1.82) is 0 Å². The van der Waals surface area contributed by atoms with Crippen LogP contribution in [0.5, 0.6) is 5.75 Å². The van der Waals surface area contributed by atoms with Crippen molar-refractivity contribution in [3.05, 3.63) is 58.1 Å². The molecule has 0 aliphatic carbocycles. The van der Waals surface area contributed by atoms with Crippen molar-refractivity contribution in [2.24, 2.45) is 0 Å². The summed E-state index contributed by atoms with van der Waals surface area (Å²) in [7, 11) is 3.64. The summed E-state index contributed by atoms with van der Waals surface area (Å²) in [4.78, 5) is 29.6. The summed E-state index contributed by atoms with van der Waals surface area (Å²) in [6.45, 7) is 4.96. The lowest BCUT2D eigenvalue weighted by molar-refractivity contribution is -0.384. The van der Waals surface area contributed by atoms with Crippen molar-refractivity contribution >= 4 is 23.0 Å². The highest BCUT2D eigenvalue weighted by Crippen LogP contribution is 2.30. The number of benzene rings is 2. The number of amides is 1. The number of piperazine rings is 1. The van der Waals surface area contributed by atoms with Gasteiger partial charge in [-0.05, 0) is 25.1 Å². The lowest BCUT2D eigenvalue weighted by Crippen LogP contribution is -2.49. The fraction of sp³-hybridized carbons (Fsp3) is 0.381. The highest BCUT2D eigenvalue weighted by molar-refractivity contribution is 6.00. The van der Waals surface area contributed by atoms with Gasteiger partial charge >= 0.3 is 0 Å². The third-order valence-electron chi connectivity index (χ3n) is 4.98. The Morgan fingerprint density at radius 2 is 1.83 bits per heavy atom. The van der Waals surface area contributed by atoms with E-state index in [4.69, 9.17) is 4.74 Å². The van der Waals surface area contributed by atoms with Crippen LogP contribution in [0.3, 0.4) is 0 Å². The lowest BCUT2D eigenvalue weighted by Gasteiger charge is -2.37. The maximum Gasteiger partial charge on any atom is 0.270 e. The monoisotopic (exact) mass is 398 g/mol. The summed E-state index contributed by atoms with van der Waals surface area (Å²) in [6.07, 6.45) is 0. The molecule has 8 heteroatoms. The number of hydrogen-bond acceptors (Lipinski definition) is 6. The van der Waals surface area contributed by atoms with Crippen LogP contribution in [0.15, 0.2) is 42.5 Å². The number of carbonyl (C=O) groups is 1. The molecule has 2 aromatic carbocycles. The normalized spacial score (nSPS) is 13.9. The van der Waals surface area contributed by atoms with Gasteiger partial charge in [0.2, 0.25) is 0 Å². The maximum atomic E-state index is 13.1. The summed E-state index contributed by atoms with van der Waals surface area (Å²) in [5.74, 6) is 0.651. The highest BCUT2D eigenvalue weighted by Gasteiger charge is 2.27. The van der Waals surface area contributed by atoms with Gasteiger partial charge in [0.1, 0.15) is 5.75 Å². The van der Waals surface area contributed by atoms with Gasteiger partial charge in [0, 0.05) is 58.1 Å². The molecule has 0 spiro atoms. The first kappa shape index (κ1) is 20.4. The summed E-state index contributed by atoms with van der Waals surface area (Å²) >= 11 is 0. The Kier molecular flexibility index (Phi) is 6.21. The molecule has 3 rings (SSSR count). The second kappa shape index (κ2) is 8.81. The van der Waals surface area contributed by atoms with E-state index in [2.05, 4.69) is 4.90 Å². The Morgan fingerprint density at radius 1 is 1.14 bits per heavy atom. The van der Waals surface area contributed by atoms with Gasteiger partial charge in [-0.25, -0.2) is 0 Å². The molecule has 1 heterocycles. The average molecular weight is 398 g/mol. The number of nitro benzene ring substituents is 1. The molecule has 29 heavy (non-hydrogen) atoms. The maximum absolute atomic E-state index is 13.1. The molecule has 0 atom stereocenters. The Hall–Kier alpha value is -3.29. The van der Waals surface area contributed by atoms with Gasteiger partial charge in [-0.15, -0.1) is 0 Å². The first-order valence-corrected chi connectivity index (χ1v) is 9.64. The molecule has 8 nitrogen and oxygen atoms in total. The minimum absolute atomic E-state index is 0.0803. The summed E-state index contributed by atoms with van der Waals surface area (Å²) in [6, 6.07) is 12.3. The molecule has 154 valence electrons. The van der Waals surface area contributed by atoms with Crippen LogP contribution in [0, 0.1) is 10.1 Å². The number of rotatable bonds is 6. The standard InChI is InChI=1S/C21H26N4O4/c1-4-29-20-8-6-5-7-19(20)23-11-13-24(14-12-23)21(26)17-15-16(25(27)28)9-10-18(17)22(2)3/h5-10,15H,4,11-14H2,1-3H3. The van der Waals surface area contributed by atoms with Crippen molar-refractivity contribution in [1.82, 2.24) is 4.90 Å². The zero-order valence-corrected chi connectivity index (χ0v) is 17.0. The van der Waals surface area contributed by atoms with E-state index in [0.717, 1.165) is 11.4 Å². The highest BCUT2D eigenvalue weighted by atomic mass is 16.6. The fourth-order valence-electron chi connectivity index (χ4n) is 3.52. The molecule has 1 aliphatic rings. The van der Waals surface area contributed by atoms with E-state index in [1.54, 1.807) is 15.9 Å². The van der Waals surface area contributed by atoms with Gasteiger partial charge < -0.3 is 19.4 Å². The molecule has 0 radical (unpaired) electrons. The molecular formula is C21H26N4O4. The van der Waals surface area contributed by atoms with Crippen molar-refractivity contribution in [2.75, 3.05) is 56.7 Å². The SMILES string of the molecule is CCOc1ccccc1N1CCN(C(=O)c2cc([N+](=O)[O-])ccc2N(C)C)CC1. The van der Waals surface area contributed by atoms with Crippen LogP contribution in [0.2, 0.25) is 0 Å². The minimum atomic E-state index is -0.473. The first-order chi connectivity index (χ1) is 13.9. The van der Waals surface area contributed by atoms with Gasteiger partial charge in [-0.2, -0.15) is 0 Å². The molecule has 1 amide bonds. The van der Waals surface area contributed by atoms with E-state index in [-0.39, 0.29) is 11.6 Å². The van der Waals surface area contributed by atoms with Crippen LogP contribution < -0.4 is 14.5 Å². The van der Waals surface area contributed by atoms with E-state index in [1.807, 2.05) is 45.3 Å².